The molecule has 172 valence electrons. The summed E-state index contributed by atoms with van der Waals surface area (Å²) >= 11 is 0. The maximum Gasteiger partial charge on any atom is 0.223 e. The summed E-state index contributed by atoms with van der Waals surface area (Å²) in [5.74, 6) is 1.44. The van der Waals surface area contributed by atoms with Crippen LogP contribution in [0.3, 0.4) is 0 Å². The van der Waals surface area contributed by atoms with Gasteiger partial charge in [-0.05, 0) is 55.4 Å². The number of aryl methyl sites for hydroxylation is 1. The first-order valence-electron chi connectivity index (χ1n) is 11.2. The highest BCUT2D eigenvalue weighted by Gasteiger charge is 2.45. The van der Waals surface area contributed by atoms with E-state index < -0.39 is 9.84 Å². The molecule has 2 saturated heterocycles. The van der Waals surface area contributed by atoms with Gasteiger partial charge in [0.15, 0.2) is 11.5 Å². The molecule has 0 spiro atoms. The summed E-state index contributed by atoms with van der Waals surface area (Å²) in [5, 5.41) is -0.310. The highest BCUT2D eigenvalue weighted by molar-refractivity contribution is 7.91. The Morgan fingerprint density at radius 2 is 1.69 bits per heavy atom. The van der Waals surface area contributed by atoms with Crippen molar-refractivity contribution in [2.75, 3.05) is 13.4 Å². The number of hydrogen-bond donors (Lipinski definition) is 0. The smallest absolute Gasteiger partial charge is 0.223 e. The van der Waals surface area contributed by atoms with Gasteiger partial charge in [0.05, 0.1) is 12.4 Å². The molecule has 2 aliphatic heterocycles. The van der Waals surface area contributed by atoms with Crippen molar-refractivity contribution in [3.05, 3.63) is 59.7 Å². The lowest BCUT2D eigenvalue weighted by molar-refractivity contribution is -0.135. The molecule has 0 aliphatic carbocycles. The number of benzene rings is 2. The summed E-state index contributed by atoms with van der Waals surface area (Å²) in [6, 6.07) is 15.8. The first-order valence-corrected chi connectivity index (χ1v) is 13.1. The maximum absolute atomic E-state index is 13.0. The molecule has 7 heteroatoms. The van der Waals surface area contributed by atoms with Crippen LogP contribution in [0, 0.1) is 0 Å². The molecule has 6 nitrogen and oxygen atoms in total. The number of rotatable bonds is 8. The van der Waals surface area contributed by atoms with Gasteiger partial charge in [-0.15, -0.1) is 0 Å². The third kappa shape index (κ3) is 5.09. The van der Waals surface area contributed by atoms with Gasteiger partial charge in [0.2, 0.25) is 5.91 Å². The zero-order valence-corrected chi connectivity index (χ0v) is 19.5. The molecule has 4 rings (SSSR count). The summed E-state index contributed by atoms with van der Waals surface area (Å²) < 4.78 is 35.4. The van der Waals surface area contributed by atoms with Crippen LogP contribution in [0.2, 0.25) is 0 Å². The molecule has 2 aliphatic rings. The normalized spacial score (nSPS) is 22.6. The van der Waals surface area contributed by atoms with Crippen molar-refractivity contribution in [3.8, 4) is 11.5 Å². The van der Waals surface area contributed by atoms with Crippen molar-refractivity contribution >= 4 is 15.7 Å². The number of fused-ring (bicyclic) bond motifs is 2. The van der Waals surface area contributed by atoms with Gasteiger partial charge in [-0.1, -0.05) is 36.4 Å². The fourth-order valence-electron chi connectivity index (χ4n) is 4.99. The van der Waals surface area contributed by atoms with Gasteiger partial charge < -0.3 is 14.4 Å². The highest BCUT2D eigenvalue weighted by atomic mass is 32.2. The van der Waals surface area contributed by atoms with E-state index in [1.165, 1.54) is 6.26 Å². The molecule has 2 aromatic rings. The first-order chi connectivity index (χ1) is 15.3. The van der Waals surface area contributed by atoms with E-state index in [1.54, 1.807) is 7.11 Å². The number of carbonyl (C=O) groups excluding carboxylic acids is 1. The number of ether oxygens (including phenoxy) is 2. The van der Waals surface area contributed by atoms with Gasteiger partial charge in [-0.25, -0.2) is 8.42 Å². The molecule has 2 bridgehead atoms. The van der Waals surface area contributed by atoms with Gasteiger partial charge in [0.25, 0.3) is 0 Å². The lowest BCUT2D eigenvalue weighted by atomic mass is 10.0. The van der Waals surface area contributed by atoms with E-state index in [0.29, 0.717) is 43.8 Å². The van der Waals surface area contributed by atoms with Crippen molar-refractivity contribution in [1.82, 2.24) is 4.90 Å². The molecular formula is C25H31NO5S. The third-order valence-electron chi connectivity index (χ3n) is 6.68. The van der Waals surface area contributed by atoms with Crippen LogP contribution in [-0.4, -0.2) is 49.9 Å². The topological polar surface area (TPSA) is 72.9 Å². The molecule has 0 aromatic heterocycles. The van der Waals surface area contributed by atoms with Crippen LogP contribution in [0.25, 0.3) is 0 Å². The van der Waals surface area contributed by atoms with E-state index >= 15 is 0 Å². The minimum Gasteiger partial charge on any atom is -0.493 e. The van der Waals surface area contributed by atoms with E-state index in [1.807, 2.05) is 53.4 Å². The van der Waals surface area contributed by atoms with Crippen LogP contribution in [-0.2, 0) is 27.7 Å². The number of amides is 1. The van der Waals surface area contributed by atoms with Gasteiger partial charge in [0, 0.05) is 24.8 Å². The van der Waals surface area contributed by atoms with E-state index in [-0.39, 0.29) is 23.2 Å². The predicted molar refractivity (Wildman–Crippen MR) is 124 cm³/mol. The van der Waals surface area contributed by atoms with Gasteiger partial charge >= 0.3 is 0 Å². The van der Waals surface area contributed by atoms with Gasteiger partial charge in [0.1, 0.15) is 16.4 Å². The second kappa shape index (κ2) is 9.53. The van der Waals surface area contributed by atoms with Crippen molar-refractivity contribution in [2.45, 2.75) is 62.5 Å². The van der Waals surface area contributed by atoms with Crippen LogP contribution < -0.4 is 9.47 Å². The predicted octanol–water partition coefficient (Wildman–Crippen LogP) is 3.77. The maximum atomic E-state index is 13.0. The summed E-state index contributed by atoms with van der Waals surface area (Å²) in [6.07, 6.45) is 5.28. The Balaban J connectivity index is 1.38. The van der Waals surface area contributed by atoms with E-state index in [0.717, 1.165) is 24.0 Å². The van der Waals surface area contributed by atoms with Crippen LogP contribution >= 0.6 is 0 Å². The molecule has 0 saturated carbocycles. The average molecular weight is 458 g/mol. The standard InChI is InChI=1S/C25H31NO5S/c1-30-23-12-8-18(14-24(23)31-17-19-6-4-3-5-7-19)9-13-25(27)26-20-10-11-21(26)16-22(15-20)32(2,28)29/h3-8,12,14,20-22H,9-11,13,15-17H2,1-2H3. The largest absolute Gasteiger partial charge is 0.493 e. The number of hydrogen-bond acceptors (Lipinski definition) is 5. The molecule has 2 fully saturated rings. The molecule has 2 aromatic carbocycles. The lowest BCUT2D eigenvalue weighted by Crippen LogP contribution is -2.49. The molecule has 1 amide bonds. The van der Waals surface area contributed by atoms with Crippen molar-refractivity contribution in [1.29, 1.82) is 0 Å². The monoisotopic (exact) mass is 457 g/mol. The molecule has 2 heterocycles. The van der Waals surface area contributed by atoms with Crippen molar-refractivity contribution in [3.63, 3.8) is 0 Å². The second-order valence-corrected chi connectivity index (χ2v) is 11.2. The molecular weight excluding hydrogens is 426 g/mol. The zero-order valence-electron chi connectivity index (χ0n) is 18.7. The van der Waals surface area contributed by atoms with E-state index in [9.17, 15) is 13.2 Å². The minimum absolute atomic E-state index is 0.0570. The van der Waals surface area contributed by atoms with Crippen molar-refractivity contribution < 1.29 is 22.7 Å². The van der Waals surface area contributed by atoms with Gasteiger partial charge in [-0.3, -0.25) is 4.79 Å². The number of sulfone groups is 1. The van der Waals surface area contributed by atoms with Gasteiger partial charge in [-0.2, -0.15) is 0 Å². The SMILES string of the molecule is COc1ccc(CCC(=O)N2C3CCC2CC(S(C)(=O)=O)C3)cc1OCc1ccccc1. The first kappa shape index (κ1) is 22.6. The van der Waals surface area contributed by atoms with E-state index in [2.05, 4.69) is 0 Å². The zero-order chi connectivity index (χ0) is 22.7. The Hall–Kier alpha value is -2.54. The summed E-state index contributed by atoms with van der Waals surface area (Å²) in [4.78, 5) is 15.0. The van der Waals surface area contributed by atoms with E-state index in [4.69, 9.17) is 9.47 Å². The summed E-state index contributed by atoms with van der Waals surface area (Å²) in [7, 11) is -1.44. The number of carbonyl (C=O) groups is 1. The van der Waals surface area contributed by atoms with Crippen LogP contribution in [0.4, 0.5) is 0 Å². The number of piperidine rings is 1. The van der Waals surface area contributed by atoms with Crippen LogP contribution in [0.15, 0.2) is 48.5 Å². The lowest BCUT2D eigenvalue weighted by Gasteiger charge is -2.38. The molecule has 0 N–H and O–H groups in total. The Kier molecular flexibility index (Phi) is 6.74. The number of methoxy groups -OCH3 is 1. The van der Waals surface area contributed by atoms with Crippen LogP contribution in [0.1, 0.15) is 43.2 Å². The molecule has 2 atom stereocenters. The second-order valence-electron chi connectivity index (χ2n) is 8.87. The average Bonchev–Trinajstić information content (AvgIpc) is 3.05. The van der Waals surface area contributed by atoms with Crippen molar-refractivity contribution in [2.24, 2.45) is 0 Å². The highest BCUT2D eigenvalue weighted by Crippen LogP contribution is 2.38. The minimum atomic E-state index is -3.06. The summed E-state index contributed by atoms with van der Waals surface area (Å²) in [6.45, 7) is 0.443. The third-order valence-corrected chi connectivity index (χ3v) is 8.27. The Morgan fingerprint density at radius 1 is 1.00 bits per heavy atom. The molecule has 2 unspecified atom stereocenters. The fourth-order valence-corrected chi connectivity index (χ4v) is 6.13. The Labute approximate surface area is 190 Å². The number of nitrogens with zero attached hydrogens (tertiary/aromatic N) is 1. The Morgan fingerprint density at radius 3 is 2.31 bits per heavy atom. The quantitative estimate of drug-likeness (QED) is 0.603. The molecule has 0 radical (unpaired) electrons. The fraction of sp³-hybridized carbons (Fsp3) is 0.480. The summed E-state index contributed by atoms with van der Waals surface area (Å²) in [5.41, 5.74) is 2.09. The molecule has 32 heavy (non-hydrogen) atoms. The van der Waals surface area contributed by atoms with Crippen LogP contribution in [0.5, 0.6) is 11.5 Å². The Bertz CT molecular complexity index is 1040.